The predicted octanol–water partition coefficient (Wildman–Crippen LogP) is 2.61. The fourth-order valence-corrected chi connectivity index (χ4v) is 2.55. The van der Waals surface area contributed by atoms with Crippen molar-refractivity contribution >= 4 is 5.91 Å². The van der Waals surface area contributed by atoms with E-state index in [4.69, 9.17) is 4.52 Å². The third-order valence-corrected chi connectivity index (χ3v) is 4.05. The minimum Gasteiger partial charge on any atom is -0.334 e. The van der Waals surface area contributed by atoms with Gasteiger partial charge in [-0.05, 0) is 31.0 Å². The highest BCUT2D eigenvalue weighted by Crippen LogP contribution is 2.39. The standard InChI is InChI=1S/C17H17N5O2/c1-22(17(23)14-9-13(19-20-14)11-7-8-11)10-15-18-16(24-21-15)12-5-3-2-4-6-12/h2-6,9,11H,7-8,10H2,1H3,(H,19,20). The summed E-state index contributed by atoms with van der Waals surface area (Å²) in [5, 5.41) is 11.0. The molecular weight excluding hydrogens is 306 g/mol. The van der Waals surface area contributed by atoms with Gasteiger partial charge in [-0.1, -0.05) is 23.4 Å². The van der Waals surface area contributed by atoms with Gasteiger partial charge in [-0.2, -0.15) is 10.1 Å². The Morgan fingerprint density at radius 2 is 2.12 bits per heavy atom. The van der Waals surface area contributed by atoms with Crippen LogP contribution >= 0.6 is 0 Å². The number of hydrogen-bond donors (Lipinski definition) is 1. The van der Waals surface area contributed by atoms with Crippen molar-refractivity contribution in [2.75, 3.05) is 7.05 Å². The maximum atomic E-state index is 12.4. The molecule has 1 N–H and O–H groups in total. The van der Waals surface area contributed by atoms with Crippen LogP contribution in [0.4, 0.5) is 0 Å². The van der Waals surface area contributed by atoms with E-state index < -0.39 is 0 Å². The van der Waals surface area contributed by atoms with Crippen LogP contribution in [0.5, 0.6) is 0 Å². The van der Waals surface area contributed by atoms with Gasteiger partial charge in [0.05, 0.1) is 6.54 Å². The lowest BCUT2D eigenvalue weighted by molar-refractivity contribution is 0.0774. The number of nitrogens with zero attached hydrogens (tertiary/aromatic N) is 4. The van der Waals surface area contributed by atoms with Crippen LogP contribution in [0.1, 0.15) is 40.8 Å². The molecule has 0 bridgehead atoms. The molecule has 0 saturated heterocycles. The van der Waals surface area contributed by atoms with E-state index in [1.165, 1.54) is 4.90 Å². The third kappa shape index (κ3) is 2.92. The average Bonchev–Trinajstić information content (AvgIpc) is 3.16. The van der Waals surface area contributed by atoms with Crippen LogP contribution in [0.3, 0.4) is 0 Å². The highest BCUT2D eigenvalue weighted by atomic mass is 16.5. The summed E-state index contributed by atoms with van der Waals surface area (Å²) < 4.78 is 5.26. The smallest absolute Gasteiger partial charge is 0.274 e. The van der Waals surface area contributed by atoms with E-state index in [1.54, 1.807) is 7.05 Å². The molecule has 0 atom stereocenters. The lowest BCUT2D eigenvalue weighted by atomic mass is 10.2. The van der Waals surface area contributed by atoms with Crippen molar-refractivity contribution in [3.63, 3.8) is 0 Å². The summed E-state index contributed by atoms with van der Waals surface area (Å²) in [6.07, 6.45) is 2.33. The number of aromatic amines is 1. The van der Waals surface area contributed by atoms with Crippen molar-refractivity contribution in [1.29, 1.82) is 0 Å². The first-order chi connectivity index (χ1) is 11.7. The van der Waals surface area contributed by atoms with Gasteiger partial charge in [-0.3, -0.25) is 9.89 Å². The van der Waals surface area contributed by atoms with Crippen molar-refractivity contribution in [2.24, 2.45) is 0 Å². The number of aromatic nitrogens is 4. The Hall–Kier alpha value is -2.96. The Morgan fingerprint density at radius 3 is 2.88 bits per heavy atom. The number of nitrogens with one attached hydrogen (secondary N) is 1. The summed E-state index contributed by atoms with van der Waals surface area (Å²) in [5.74, 6) is 1.28. The normalized spacial score (nSPS) is 13.9. The topological polar surface area (TPSA) is 87.9 Å². The number of amides is 1. The molecule has 1 amide bonds. The molecule has 1 fully saturated rings. The number of rotatable bonds is 5. The molecule has 1 aliphatic rings. The molecule has 7 heteroatoms. The van der Waals surface area contributed by atoms with Crippen LogP contribution in [-0.4, -0.2) is 38.2 Å². The Morgan fingerprint density at radius 1 is 1.33 bits per heavy atom. The van der Waals surface area contributed by atoms with Gasteiger partial charge in [-0.25, -0.2) is 0 Å². The van der Waals surface area contributed by atoms with Crippen molar-refractivity contribution < 1.29 is 9.32 Å². The molecule has 1 saturated carbocycles. The lowest BCUT2D eigenvalue weighted by Crippen LogP contribution is -2.27. The molecule has 3 aromatic rings. The van der Waals surface area contributed by atoms with Gasteiger partial charge in [0.25, 0.3) is 11.8 Å². The number of hydrogen-bond acceptors (Lipinski definition) is 5. The Labute approximate surface area is 138 Å². The summed E-state index contributed by atoms with van der Waals surface area (Å²) in [6.45, 7) is 0.265. The molecule has 4 rings (SSSR count). The monoisotopic (exact) mass is 323 g/mol. The Kier molecular flexibility index (Phi) is 3.60. The van der Waals surface area contributed by atoms with E-state index in [1.807, 2.05) is 36.4 Å². The molecule has 2 aromatic heterocycles. The van der Waals surface area contributed by atoms with E-state index in [2.05, 4.69) is 20.3 Å². The number of carbonyl (C=O) groups is 1. The maximum Gasteiger partial charge on any atom is 0.274 e. The van der Waals surface area contributed by atoms with Crippen LogP contribution < -0.4 is 0 Å². The van der Waals surface area contributed by atoms with Crippen LogP contribution in [0.25, 0.3) is 11.5 Å². The van der Waals surface area contributed by atoms with Crippen molar-refractivity contribution in [3.8, 4) is 11.5 Å². The molecule has 0 aliphatic heterocycles. The molecule has 0 spiro atoms. The fourth-order valence-electron chi connectivity index (χ4n) is 2.55. The summed E-state index contributed by atoms with van der Waals surface area (Å²) in [5.41, 5.74) is 2.32. The van der Waals surface area contributed by atoms with Gasteiger partial charge in [0.2, 0.25) is 0 Å². The first kappa shape index (κ1) is 14.6. The van der Waals surface area contributed by atoms with Gasteiger partial charge in [0.1, 0.15) is 5.69 Å². The molecule has 7 nitrogen and oxygen atoms in total. The molecule has 0 radical (unpaired) electrons. The maximum absolute atomic E-state index is 12.4. The second-order valence-electron chi connectivity index (χ2n) is 6.03. The van der Waals surface area contributed by atoms with Crippen LogP contribution in [0.2, 0.25) is 0 Å². The van der Waals surface area contributed by atoms with Crippen molar-refractivity contribution in [1.82, 2.24) is 25.2 Å². The van der Waals surface area contributed by atoms with Gasteiger partial charge in [0, 0.05) is 24.2 Å². The summed E-state index contributed by atoms with van der Waals surface area (Å²) in [4.78, 5) is 18.3. The van der Waals surface area contributed by atoms with Crippen molar-refractivity contribution in [2.45, 2.75) is 25.3 Å². The minimum atomic E-state index is -0.163. The van der Waals surface area contributed by atoms with Crippen LogP contribution in [-0.2, 0) is 6.54 Å². The number of H-pyrrole nitrogens is 1. The highest BCUT2D eigenvalue weighted by molar-refractivity contribution is 5.92. The SMILES string of the molecule is CN(Cc1noc(-c2ccccc2)n1)C(=O)c1cc(C2CC2)[nH]n1. The lowest BCUT2D eigenvalue weighted by Gasteiger charge is -2.12. The molecular formula is C17H17N5O2. The van der Waals surface area contributed by atoms with Crippen LogP contribution in [0, 0.1) is 0 Å². The third-order valence-electron chi connectivity index (χ3n) is 4.05. The van der Waals surface area contributed by atoms with Gasteiger partial charge < -0.3 is 9.42 Å². The number of benzene rings is 1. The fraction of sp³-hybridized carbons (Fsp3) is 0.294. The average molecular weight is 323 g/mol. The van der Waals surface area contributed by atoms with Gasteiger partial charge >= 0.3 is 0 Å². The minimum absolute atomic E-state index is 0.163. The zero-order chi connectivity index (χ0) is 16.5. The summed E-state index contributed by atoms with van der Waals surface area (Å²) in [6, 6.07) is 11.4. The second kappa shape index (κ2) is 5.92. The van der Waals surface area contributed by atoms with E-state index in [0.717, 1.165) is 24.1 Å². The first-order valence-corrected chi connectivity index (χ1v) is 7.89. The molecule has 1 aliphatic carbocycles. The summed E-state index contributed by atoms with van der Waals surface area (Å²) >= 11 is 0. The van der Waals surface area contributed by atoms with Gasteiger partial charge in [0.15, 0.2) is 5.82 Å². The van der Waals surface area contributed by atoms with E-state index in [9.17, 15) is 4.79 Å². The Balaban J connectivity index is 1.44. The Bertz CT molecular complexity index is 851. The van der Waals surface area contributed by atoms with Gasteiger partial charge in [-0.15, -0.1) is 0 Å². The molecule has 24 heavy (non-hydrogen) atoms. The molecule has 1 aromatic carbocycles. The largest absolute Gasteiger partial charge is 0.334 e. The van der Waals surface area contributed by atoms with E-state index >= 15 is 0 Å². The molecule has 0 unspecified atom stereocenters. The van der Waals surface area contributed by atoms with E-state index in [0.29, 0.717) is 23.3 Å². The highest BCUT2D eigenvalue weighted by Gasteiger charge is 2.27. The quantitative estimate of drug-likeness (QED) is 0.780. The second-order valence-corrected chi connectivity index (χ2v) is 6.03. The molecule has 2 heterocycles. The first-order valence-electron chi connectivity index (χ1n) is 7.89. The number of carbonyl (C=O) groups excluding carboxylic acids is 1. The molecule has 122 valence electrons. The predicted molar refractivity (Wildman–Crippen MR) is 86.1 cm³/mol. The zero-order valence-electron chi connectivity index (χ0n) is 13.3. The van der Waals surface area contributed by atoms with Crippen molar-refractivity contribution in [3.05, 3.63) is 53.6 Å². The van der Waals surface area contributed by atoms with Crippen LogP contribution in [0.15, 0.2) is 40.9 Å². The zero-order valence-corrected chi connectivity index (χ0v) is 13.3. The summed E-state index contributed by atoms with van der Waals surface area (Å²) in [7, 11) is 1.70. The van der Waals surface area contributed by atoms with E-state index in [-0.39, 0.29) is 12.5 Å².